The molecule has 0 atom stereocenters. The Morgan fingerprint density at radius 3 is 2.45 bits per heavy atom. The average molecular weight is 283 g/mol. The molecule has 20 heavy (non-hydrogen) atoms. The van der Waals surface area contributed by atoms with Crippen LogP contribution in [0.4, 0.5) is 23.2 Å². The number of rotatable bonds is 2. The molecule has 0 unspecified atom stereocenters. The minimum absolute atomic E-state index is 0.0306. The van der Waals surface area contributed by atoms with E-state index >= 15 is 0 Å². The molecule has 0 aliphatic rings. The maximum atomic E-state index is 13.7. The van der Waals surface area contributed by atoms with E-state index in [1.54, 1.807) is 0 Å². The van der Waals surface area contributed by atoms with E-state index < -0.39 is 17.6 Å². The van der Waals surface area contributed by atoms with Crippen molar-refractivity contribution in [3.63, 3.8) is 0 Å². The quantitative estimate of drug-likeness (QED) is 0.503. The first-order valence-corrected chi connectivity index (χ1v) is 5.45. The Labute approximate surface area is 111 Å². The molecule has 3 N–H and O–H groups in total. The van der Waals surface area contributed by atoms with Crippen molar-refractivity contribution < 1.29 is 17.6 Å². The molecule has 3 nitrogen and oxygen atoms in total. The number of anilines is 1. The fourth-order valence-electron chi connectivity index (χ4n) is 1.82. The number of halogens is 4. The normalized spacial score (nSPS) is 11.4. The van der Waals surface area contributed by atoms with Gasteiger partial charge in [0.05, 0.1) is 11.8 Å². The predicted molar refractivity (Wildman–Crippen MR) is 66.9 cm³/mol. The Kier molecular flexibility index (Phi) is 3.44. The highest BCUT2D eigenvalue weighted by Crippen LogP contribution is 2.36. The van der Waals surface area contributed by atoms with Crippen LogP contribution in [0.1, 0.15) is 11.1 Å². The summed E-state index contributed by atoms with van der Waals surface area (Å²) < 4.78 is 52.0. The molecular weight excluding hydrogens is 274 g/mol. The molecule has 0 aliphatic heterocycles. The molecule has 0 saturated heterocycles. The number of hydrogen-bond acceptors (Lipinski definition) is 3. The van der Waals surface area contributed by atoms with Gasteiger partial charge >= 0.3 is 6.18 Å². The van der Waals surface area contributed by atoms with Crippen LogP contribution < -0.4 is 5.73 Å². The maximum absolute atomic E-state index is 13.7. The van der Waals surface area contributed by atoms with Gasteiger partial charge in [-0.15, -0.1) is 0 Å². The van der Waals surface area contributed by atoms with E-state index in [0.29, 0.717) is 0 Å². The highest BCUT2D eigenvalue weighted by molar-refractivity contribution is 5.95. The fourth-order valence-corrected chi connectivity index (χ4v) is 1.82. The maximum Gasteiger partial charge on any atom is 0.416 e. The van der Waals surface area contributed by atoms with Crippen molar-refractivity contribution in [2.75, 3.05) is 5.73 Å². The molecule has 0 aliphatic carbocycles. The topological polar surface area (TPSA) is 62.8 Å². The number of alkyl halides is 3. The van der Waals surface area contributed by atoms with Crippen LogP contribution in [-0.2, 0) is 6.18 Å². The smallest absolute Gasteiger partial charge is 0.398 e. The number of nitrogens with two attached hydrogens (primary N) is 1. The SMILES string of the molecule is N=Cc1c(N)cc(C(F)(F)F)cc1-c1ccncc1F. The average Bonchev–Trinajstić information content (AvgIpc) is 2.37. The lowest BCUT2D eigenvalue weighted by Crippen LogP contribution is -2.08. The van der Waals surface area contributed by atoms with Crippen molar-refractivity contribution >= 4 is 11.9 Å². The lowest BCUT2D eigenvalue weighted by atomic mass is 9.96. The van der Waals surface area contributed by atoms with Crippen LogP contribution in [0.25, 0.3) is 11.1 Å². The largest absolute Gasteiger partial charge is 0.416 e. The van der Waals surface area contributed by atoms with Gasteiger partial charge in [-0.1, -0.05) is 0 Å². The second-order valence-corrected chi connectivity index (χ2v) is 4.02. The summed E-state index contributed by atoms with van der Waals surface area (Å²) in [5.74, 6) is -0.783. The monoisotopic (exact) mass is 283 g/mol. The lowest BCUT2D eigenvalue weighted by molar-refractivity contribution is -0.137. The number of aromatic nitrogens is 1. The second kappa shape index (κ2) is 4.92. The van der Waals surface area contributed by atoms with Gasteiger partial charge in [-0.3, -0.25) is 4.98 Å². The van der Waals surface area contributed by atoms with Gasteiger partial charge in [-0.2, -0.15) is 13.2 Å². The number of nitrogens with zero attached hydrogens (tertiary/aromatic N) is 1. The van der Waals surface area contributed by atoms with Crippen LogP contribution in [0.5, 0.6) is 0 Å². The third kappa shape index (κ3) is 2.47. The minimum Gasteiger partial charge on any atom is -0.398 e. The van der Waals surface area contributed by atoms with E-state index in [1.807, 2.05) is 0 Å². The summed E-state index contributed by atoms with van der Waals surface area (Å²) in [4.78, 5) is 3.53. The van der Waals surface area contributed by atoms with E-state index in [0.717, 1.165) is 24.5 Å². The van der Waals surface area contributed by atoms with Gasteiger partial charge in [-0.05, 0) is 23.8 Å². The van der Waals surface area contributed by atoms with Crippen molar-refractivity contribution in [3.8, 4) is 11.1 Å². The lowest BCUT2D eigenvalue weighted by Gasteiger charge is -2.14. The summed E-state index contributed by atoms with van der Waals surface area (Å²) in [6.45, 7) is 0. The van der Waals surface area contributed by atoms with Gasteiger partial charge in [0.2, 0.25) is 0 Å². The van der Waals surface area contributed by atoms with Crippen LogP contribution in [0.3, 0.4) is 0 Å². The van der Waals surface area contributed by atoms with Gasteiger partial charge in [0.25, 0.3) is 0 Å². The molecule has 2 rings (SSSR count). The first-order valence-electron chi connectivity index (χ1n) is 5.45. The Morgan fingerprint density at radius 1 is 1.20 bits per heavy atom. The number of benzene rings is 1. The molecule has 1 heterocycles. The molecule has 0 fully saturated rings. The van der Waals surface area contributed by atoms with Crippen LogP contribution in [0.2, 0.25) is 0 Å². The zero-order valence-corrected chi connectivity index (χ0v) is 10.0. The van der Waals surface area contributed by atoms with Crippen molar-refractivity contribution in [2.45, 2.75) is 6.18 Å². The first-order chi connectivity index (χ1) is 9.34. The Bertz CT molecular complexity index is 665. The number of pyridine rings is 1. The summed E-state index contributed by atoms with van der Waals surface area (Å²) in [5, 5.41) is 7.25. The standard InChI is InChI=1S/C13H9F4N3/c14-11-6-20-2-1-8(11)9-3-7(13(15,16)17)4-12(19)10(9)5-18/h1-6,18H,19H2. The van der Waals surface area contributed by atoms with Crippen LogP contribution in [0, 0.1) is 11.2 Å². The van der Waals surface area contributed by atoms with E-state index in [9.17, 15) is 17.6 Å². The molecule has 104 valence electrons. The van der Waals surface area contributed by atoms with Crippen LogP contribution in [0.15, 0.2) is 30.6 Å². The molecule has 0 saturated carbocycles. The van der Waals surface area contributed by atoms with Gasteiger partial charge in [0.15, 0.2) is 0 Å². The molecular formula is C13H9F4N3. The summed E-state index contributed by atoms with van der Waals surface area (Å²) in [6, 6.07) is 2.73. The Hall–Kier alpha value is -2.44. The summed E-state index contributed by atoms with van der Waals surface area (Å²) >= 11 is 0. The third-order valence-corrected chi connectivity index (χ3v) is 2.75. The van der Waals surface area contributed by atoms with Crippen LogP contribution in [-0.4, -0.2) is 11.2 Å². The van der Waals surface area contributed by atoms with Crippen molar-refractivity contribution in [1.82, 2.24) is 4.98 Å². The number of nitrogen functional groups attached to an aromatic ring is 1. The van der Waals surface area contributed by atoms with E-state index in [1.165, 1.54) is 12.3 Å². The molecule has 7 heteroatoms. The molecule has 0 bridgehead atoms. The van der Waals surface area contributed by atoms with Crippen molar-refractivity contribution in [2.24, 2.45) is 0 Å². The molecule has 1 aromatic carbocycles. The number of hydrogen-bond donors (Lipinski definition) is 2. The summed E-state index contributed by atoms with van der Waals surface area (Å²) in [6.07, 6.45) is -1.67. The molecule has 1 aromatic heterocycles. The van der Waals surface area contributed by atoms with Gasteiger partial charge in [0, 0.05) is 29.2 Å². The van der Waals surface area contributed by atoms with E-state index in [-0.39, 0.29) is 22.4 Å². The molecule has 0 amide bonds. The molecule has 2 aromatic rings. The Morgan fingerprint density at radius 2 is 1.90 bits per heavy atom. The van der Waals surface area contributed by atoms with Crippen molar-refractivity contribution in [1.29, 1.82) is 5.41 Å². The second-order valence-electron chi connectivity index (χ2n) is 4.02. The zero-order chi connectivity index (χ0) is 14.9. The third-order valence-electron chi connectivity index (χ3n) is 2.75. The first kappa shape index (κ1) is 14.0. The van der Waals surface area contributed by atoms with Gasteiger partial charge < -0.3 is 11.1 Å². The van der Waals surface area contributed by atoms with Crippen LogP contribution >= 0.6 is 0 Å². The summed E-state index contributed by atoms with van der Waals surface area (Å²) in [7, 11) is 0. The fraction of sp³-hybridized carbons (Fsp3) is 0.0769. The van der Waals surface area contributed by atoms with E-state index in [4.69, 9.17) is 11.1 Å². The Balaban J connectivity index is 2.77. The van der Waals surface area contributed by atoms with Gasteiger partial charge in [-0.25, -0.2) is 4.39 Å². The summed E-state index contributed by atoms with van der Waals surface area (Å²) in [5.41, 5.74) is 4.15. The van der Waals surface area contributed by atoms with Crippen molar-refractivity contribution in [3.05, 3.63) is 47.5 Å². The number of nitrogens with one attached hydrogen (secondary N) is 1. The van der Waals surface area contributed by atoms with Gasteiger partial charge in [0.1, 0.15) is 5.82 Å². The highest BCUT2D eigenvalue weighted by atomic mass is 19.4. The van der Waals surface area contributed by atoms with E-state index in [2.05, 4.69) is 4.98 Å². The minimum atomic E-state index is -4.60. The highest BCUT2D eigenvalue weighted by Gasteiger charge is 2.32. The molecule has 0 spiro atoms. The molecule has 0 radical (unpaired) electrons. The zero-order valence-electron chi connectivity index (χ0n) is 10.0. The predicted octanol–water partition coefficient (Wildman–Crippen LogP) is 3.49.